The lowest BCUT2D eigenvalue weighted by molar-refractivity contribution is -0.149. The van der Waals surface area contributed by atoms with Crippen LogP contribution in [-0.2, 0) is 22.7 Å². The summed E-state index contributed by atoms with van der Waals surface area (Å²) in [6, 6.07) is -0.760. The Hall–Kier alpha value is -1.61. The Bertz CT molecular complexity index is 477. The van der Waals surface area contributed by atoms with E-state index in [9.17, 15) is 9.59 Å². The second kappa shape index (κ2) is 6.02. The standard InChI is InChI=1S/C10H15N5O3S/c11-3-7-4-14(13-12-7)5-9(16)15-1-2-19-6-8(15)10(17)18/h4,8H,1-3,5-6,11H2,(H,17,18). The minimum atomic E-state index is -0.971. The van der Waals surface area contributed by atoms with Crippen molar-refractivity contribution in [2.75, 3.05) is 18.1 Å². The molecule has 1 atom stereocenters. The molecule has 1 aliphatic rings. The zero-order chi connectivity index (χ0) is 13.8. The second-order valence-corrected chi connectivity index (χ2v) is 5.28. The number of carbonyl (C=O) groups excluding carboxylic acids is 1. The summed E-state index contributed by atoms with van der Waals surface area (Å²) in [5, 5.41) is 16.7. The van der Waals surface area contributed by atoms with E-state index in [1.807, 2.05) is 0 Å². The third-order valence-electron chi connectivity index (χ3n) is 2.83. The normalized spacial score (nSPS) is 19.4. The Labute approximate surface area is 113 Å². The fraction of sp³-hybridized carbons (Fsp3) is 0.600. The molecule has 0 radical (unpaired) electrons. The number of nitrogens with zero attached hydrogens (tertiary/aromatic N) is 4. The number of hydrogen-bond donors (Lipinski definition) is 2. The van der Waals surface area contributed by atoms with Gasteiger partial charge in [-0.1, -0.05) is 5.21 Å². The third kappa shape index (κ3) is 3.24. The van der Waals surface area contributed by atoms with E-state index in [2.05, 4.69) is 10.3 Å². The average Bonchev–Trinajstić information content (AvgIpc) is 2.86. The van der Waals surface area contributed by atoms with Gasteiger partial charge in [0.25, 0.3) is 0 Å². The number of carboxylic acid groups (broad SMARTS) is 1. The van der Waals surface area contributed by atoms with Crippen LogP contribution in [0.5, 0.6) is 0 Å². The molecule has 8 nitrogen and oxygen atoms in total. The highest BCUT2D eigenvalue weighted by Crippen LogP contribution is 2.17. The zero-order valence-corrected chi connectivity index (χ0v) is 11.0. The van der Waals surface area contributed by atoms with Crippen molar-refractivity contribution in [1.29, 1.82) is 0 Å². The molecule has 1 saturated heterocycles. The van der Waals surface area contributed by atoms with Gasteiger partial charge in [0.15, 0.2) is 0 Å². The molecule has 9 heteroatoms. The summed E-state index contributed by atoms with van der Waals surface area (Å²) >= 11 is 1.54. The monoisotopic (exact) mass is 285 g/mol. The van der Waals surface area contributed by atoms with Gasteiger partial charge in [-0.25, -0.2) is 9.48 Å². The number of aliphatic carboxylic acids is 1. The summed E-state index contributed by atoms with van der Waals surface area (Å²) in [6.07, 6.45) is 1.59. The molecule has 1 aromatic rings. The van der Waals surface area contributed by atoms with Gasteiger partial charge in [0.1, 0.15) is 12.6 Å². The maximum absolute atomic E-state index is 12.1. The Morgan fingerprint density at radius 2 is 2.37 bits per heavy atom. The van der Waals surface area contributed by atoms with E-state index in [1.165, 1.54) is 9.58 Å². The summed E-state index contributed by atoms with van der Waals surface area (Å²) in [5.74, 6) is -0.0594. The van der Waals surface area contributed by atoms with E-state index in [0.29, 0.717) is 18.0 Å². The first-order valence-corrected chi connectivity index (χ1v) is 6.96. The number of carbonyl (C=O) groups is 2. The van der Waals surface area contributed by atoms with Gasteiger partial charge < -0.3 is 15.7 Å². The molecule has 104 valence electrons. The molecule has 3 N–H and O–H groups in total. The second-order valence-electron chi connectivity index (χ2n) is 4.13. The highest BCUT2D eigenvalue weighted by molar-refractivity contribution is 7.99. The van der Waals surface area contributed by atoms with Crippen LogP contribution in [0.3, 0.4) is 0 Å². The first-order valence-electron chi connectivity index (χ1n) is 5.81. The van der Waals surface area contributed by atoms with Crippen molar-refractivity contribution in [3.8, 4) is 0 Å². The van der Waals surface area contributed by atoms with Gasteiger partial charge in [0.2, 0.25) is 5.91 Å². The molecule has 1 aromatic heterocycles. The van der Waals surface area contributed by atoms with Gasteiger partial charge in [0, 0.05) is 24.6 Å². The van der Waals surface area contributed by atoms with Crippen LogP contribution in [-0.4, -0.2) is 61.0 Å². The van der Waals surface area contributed by atoms with Crippen LogP contribution >= 0.6 is 11.8 Å². The number of rotatable bonds is 4. The fourth-order valence-corrected chi connectivity index (χ4v) is 2.88. The van der Waals surface area contributed by atoms with E-state index in [4.69, 9.17) is 10.8 Å². The van der Waals surface area contributed by atoms with Crippen LogP contribution in [0.25, 0.3) is 0 Å². The zero-order valence-electron chi connectivity index (χ0n) is 10.2. The molecule has 1 fully saturated rings. The van der Waals surface area contributed by atoms with Gasteiger partial charge in [-0.15, -0.1) is 5.10 Å². The molecule has 2 heterocycles. The van der Waals surface area contributed by atoms with Crippen molar-refractivity contribution >= 4 is 23.6 Å². The van der Waals surface area contributed by atoms with Crippen LogP contribution in [0.4, 0.5) is 0 Å². The van der Waals surface area contributed by atoms with E-state index in [-0.39, 0.29) is 19.0 Å². The van der Waals surface area contributed by atoms with Crippen molar-refractivity contribution in [2.45, 2.75) is 19.1 Å². The number of amides is 1. The Morgan fingerprint density at radius 3 is 3.00 bits per heavy atom. The van der Waals surface area contributed by atoms with E-state index >= 15 is 0 Å². The largest absolute Gasteiger partial charge is 0.480 e. The number of carboxylic acids is 1. The van der Waals surface area contributed by atoms with Crippen molar-refractivity contribution in [1.82, 2.24) is 19.9 Å². The molecule has 1 aliphatic heterocycles. The van der Waals surface area contributed by atoms with Crippen molar-refractivity contribution in [3.63, 3.8) is 0 Å². The lowest BCUT2D eigenvalue weighted by Gasteiger charge is -2.32. The smallest absolute Gasteiger partial charge is 0.327 e. The summed E-state index contributed by atoms with van der Waals surface area (Å²) in [7, 11) is 0. The van der Waals surface area contributed by atoms with E-state index in [1.54, 1.807) is 18.0 Å². The molecule has 0 aliphatic carbocycles. The highest BCUT2D eigenvalue weighted by Gasteiger charge is 2.32. The maximum Gasteiger partial charge on any atom is 0.327 e. The number of thioether (sulfide) groups is 1. The molecule has 0 aromatic carbocycles. The maximum atomic E-state index is 12.1. The predicted octanol–water partition coefficient (Wildman–Crippen LogP) is -1.23. The van der Waals surface area contributed by atoms with Gasteiger partial charge in [-0.3, -0.25) is 4.79 Å². The molecule has 19 heavy (non-hydrogen) atoms. The summed E-state index contributed by atoms with van der Waals surface area (Å²) < 4.78 is 1.38. The summed E-state index contributed by atoms with van der Waals surface area (Å²) in [5.41, 5.74) is 6.00. The van der Waals surface area contributed by atoms with Gasteiger partial charge in [-0.2, -0.15) is 11.8 Å². The highest BCUT2D eigenvalue weighted by atomic mass is 32.2. The van der Waals surface area contributed by atoms with Crippen molar-refractivity contribution in [2.24, 2.45) is 5.73 Å². The Morgan fingerprint density at radius 1 is 1.58 bits per heavy atom. The topological polar surface area (TPSA) is 114 Å². The Balaban J connectivity index is 2.03. The minimum Gasteiger partial charge on any atom is -0.480 e. The van der Waals surface area contributed by atoms with Gasteiger partial charge in [0.05, 0.1) is 11.9 Å². The predicted molar refractivity (Wildman–Crippen MR) is 68.4 cm³/mol. The fourth-order valence-electron chi connectivity index (χ4n) is 1.85. The van der Waals surface area contributed by atoms with Crippen LogP contribution in [0.2, 0.25) is 0 Å². The van der Waals surface area contributed by atoms with Gasteiger partial charge >= 0.3 is 5.97 Å². The minimum absolute atomic E-state index is 0.0125. The van der Waals surface area contributed by atoms with Crippen LogP contribution < -0.4 is 5.73 Å². The molecule has 0 spiro atoms. The average molecular weight is 285 g/mol. The van der Waals surface area contributed by atoms with Crippen LogP contribution in [0, 0.1) is 0 Å². The van der Waals surface area contributed by atoms with Crippen LogP contribution in [0.15, 0.2) is 6.20 Å². The third-order valence-corrected chi connectivity index (χ3v) is 3.85. The van der Waals surface area contributed by atoms with Gasteiger partial charge in [-0.05, 0) is 0 Å². The number of nitrogens with two attached hydrogens (primary N) is 1. The lowest BCUT2D eigenvalue weighted by Crippen LogP contribution is -2.51. The molecule has 0 bridgehead atoms. The summed E-state index contributed by atoms with van der Waals surface area (Å²) in [6.45, 7) is 0.687. The van der Waals surface area contributed by atoms with Crippen molar-refractivity contribution < 1.29 is 14.7 Å². The van der Waals surface area contributed by atoms with Crippen molar-refractivity contribution in [3.05, 3.63) is 11.9 Å². The molecular weight excluding hydrogens is 270 g/mol. The molecular formula is C10H15N5O3S. The molecule has 2 rings (SSSR count). The number of aromatic nitrogens is 3. The van der Waals surface area contributed by atoms with E-state index < -0.39 is 12.0 Å². The SMILES string of the molecule is NCc1cn(CC(=O)N2CCSCC2C(=O)O)nn1. The Kier molecular flexibility index (Phi) is 4.38. The first kappa shape index (κ1) is 13.8. The quantitative estimate of drug-likeness (QED) is 0.711. The molecule has 0 saturated carbocycles. The first-order chi connectivity index (χ1) is 9.11. The lowest BCUT2D eigenvalue weighted by atomic mass is 10.2. The van der Waals surface area contributed by atoms with Crippen LogP contribution in [0.1, 0.15) is 5.69 Å². The molecule has 1 amide bonds. The summed E-state index contributed by atoms with van der Waals surface area (Å²) in [4.78, 5) is 24.6. The molecule has 1 unspecified atom stereocenters. The van der Waals surface area contributed by atoms with E-state index in [0.717, 1.165) is 5.75 Å². The number of hydrogen-bond acceptors (Lipinski definition) is 6.